The summed E-state index contributed by atoms with van der Waals surface area (Å²) in [5, 5.41) is 0.248. The molecule has 4 heteroatoms. The number of aromatic nitrogens is 2. The van der Waals surface area contributed by atoms with Crippen LogP contribution in [-0.2, 0) is 0 Å². The Labute approximate surface area is 140 Å². The highest BCUT2D eigenvalue weighted by molar-refractivity contribution is 6.28. The minimum atomic E-state index is 0.0514. The SMILES string of the molecule is CCC(Oc1ccc(-c2ccnc(Cl)n2)cc1)c1ccccc1. The molecule has 0 N–H and O–H groups in total. The predicted octanol–water partition coefficient (Wildman–Crippen LogP) is 5.33. The summed E-state index contributed by atoms with van der Waals surface area (Å²) in [4.78, 5) is 8.11. The lowest BCUT2D eigenvalue weighted by Gasteiger charge is -2.18. The highest BCUT2D eigenvalue weighted by Gasteiger charge is 2.11. The molecule has 2 aromatic carbocycles. The highest BCUT2D eigenvalue weighted by atomic mass is 35.5. The summed E-state index contributed by atoms with van der Waals surface area (Å²) in [6, 6.07) is 20.0. The van der Waals surface area contributed by atoms with Gasteiger partial charge in [-0.25, -0.2) is 9.97 Å². The maximum atomic E-state index is 6.11. The van der Waals surface area contributed by atoms with Crippen molar-refractivity contribution in [1.82, 2.24) is 9.97 Å². The van der Waals surface area contributed by atoms with Gasteiger partial charge in [-0.3, -0.25) is 0 Å². The van der Waals surface area contributed by atoms with E-state index >= 15 is 0 Å². The molecule has 3 nitrogen and oxygen atoms in total. The second-order valence-corrected chi connectivity index (χ2v) is 5.50. The zero-order valence-corrected chi connectivity index (χ0v) is 13.6. The summed E-state index contributed by atoms with van der Waals surface area (Å²) in [6.45, 7) is 2.12. The minimum absolute atomic E-state index is 0.0514. The van der Waals surface area contributed by atoms with Crippen LogP contribution >= 0.6 is 11.6 Å². The molecule has 0 saturated carbocycles. The van der Waals surface area contributed by atoms with Crippen LogP contribution in [0, 0.1) is 0 Å². The Morgan fingerprint density at radius 1 is 1.00 bits per heavy atom. The van der Waals surface area contributed by atoms with E-state index in [1.54, 1.807) is 6.20 Å². The van der Waals surface area contributed by atoms with Crippen molar-refractivity contribution in [3.63, 3.8) is 0 Å². The third kappa shape index (κ3) is 3.88. The van der Waals surface area contributed by atoms with Crippen molar-refractivity contribution < 1.29 is 4.74 Å². The van der Waals surface area contributed by atoms with E-state index in [9.17, 15) is 0 Å². The van der Waals surface area contributed by atoms with Gasteiger partial charge in [0, 0.05) is 11.8 Å². The summed E-state index contributed by atoms with van der Waals surface area (Å²) in [6.07, 6.45) is 2.61. The Hall–Kier alpha value is -2.39. The summed E-state index contributed by atoms with van der Waals surface area (Å²) in [7, 11) is 0. The van der Waals surface area contributed by atoms with Gasteiger partial charge in [0.15, 0.2) is 0 Å². The molecule has 0 aliphatic rings. The van der Waals surface area contributed by atoms with Crippen molar-refractivity contribution in [2.75, 3.05) is 0 Å². The van der Waals surface area contributed by atoms with E-state index in [4.69, 9.17) is 16.3 Å². The predicted molar refractivity (Wildman–Crippen MR) is 92.6 cm³/mol. The molecule has 3 rings (SSSR count). The molecule has 1 heterocycles. The molecular formula is C19H17ClN2O. The van der Waals surface area contributed by atoms with Crippen LogP contribution in [-0.4, -0.2) is 9.97 Å². The van der Waals surface area contributed by atoms with Crippen LogP contribution in [0.5, 0.6) is 5.75 Å². The number of hydrogen-bond donors (Lipinski definition) is 0. The lowest BCUT2D eigenvalue weighted by atomic mass is 10.1. The van der Waals surface area contributed by atoms with E-state index < -0.39 is 0 Å². The standard InChI is InChI=1S/C19H17ClN2O/c1-2-18(15-6-4-3-5-7-15)23-16-10-8-14(9-11-16)17-12-13-21-19(20)22-17/h3-13,18H,2H2,1H3. The van der Waals surface area contributed by atoms with Crippen LogP contribution in [0.25, 0.3) is 11.3 Å². The summed E-state index contributed by atoms with van der Waals surface area (Å²) < 4.78 is 6.11. The highest BCUT2D eigenvalue weighted by Crippen LogP contribution is 2.27. The van der Waals surface area contributed by atoms with Gasteiger partial charge in [-0.1, -0.05) is 37.3 Å². The third-order valence-corrected chi connectivity index (χ3v) is 3.78. The van der Waals surface area contributed by atoms with Crippen molar-refractivity contribution in [2.45, 2.75) is 19.4 Å². The Bertz CT molecular complexity index is 760. The van der Waals surface area contributed by atoms with E-state index in [1.807, 2.05) is 48.5 Å². The first kappa shape index (κ1) is 15.5. The average molecular weight is 325 g/mol. The summed E-state index contributed by atoms with van der Waals surface area (Å²) in [5.74, 6) is 0.838. The van der Waals surface area contributed by atoms with Gasteiger partial charge >= 0.3 is 0 Å². The van der Waals surface area contributed by atoms with Crippen LogP contribution in [0.4, 0.5) is 0 Å². The maximum absolute atomic E-state index is 6.11. The number of rotatable bonds is 5. The van der Waals surface area contributed by atoms with Crippen molar-refractivity contribution >= 4 is 11.6 Å². The normalized spacial score (nSPS) is 11.9. The van der Waals surface area contributed by atoms with E-state index in [0.717, 1.165) is 23.4 Å². The monoisotopic (exact) mass is 324 g/mol. The molecule has 0 amide bonds. The fourth-order valence-corrected chi connectivity index (χ4v) is 2.57. The zero-order valence-electron chi connectivity index (χ0n) is 12.8. The molecule has 0 aliphatic carbocycles. The second kappa shape index (κ2) is 7.25. The number of halogens is 1. The molecule has 1 aromatic heterocycles. The van der Waals surface area contributed by atoms with Crippen LogP contribution in [0.2, 0.25) is 5.28 Å². The van der Waals surface area contributed by atoms with Crippen LogP contribution in [0.15, 0.2) is 66.9 Å². The summed E-state index contributed by atoms with van der Waals surface area (Å²) in [5.41, 5.74) is 2.96. The molecule has 23 heavy (non-hydrogen) atoms. The Balaban J connectivity index is 1.77. The summed E-state index contributed by atoms with van der Waals surface area (Å²) >= 11 is 5.83. The van der Waals surface area contributed by atoms with Crippen molar-refractivity contribution in [3.05, 3.63) is 77.7 Å². The van der Waals surface area contributed by atoms with E-state index in [1.165, 1.54) is 5.56 Å². The Kier molecular flexibility index (Phi) is 4.89. The first-order valence-electron chi connectivity index (χ1n) is 7.57. The van der Waals surface area contributed by atoms with E-state index in [2.05, 4.69) is 29.0 Å². The zero-order chi connectivity index (χ0) is 16.1. The molecule has 0 bridgehead atoms. The van der Waals surface area contributed by atoms with Gasteiger partial charge in [-0.05, 0) is 53.9 Å². The molecule has 3 aromatic rings. The molecule has 1 atom stereocenters. The quantitative estimate of drug-likeness (QED) is 0.595. The largest absolute Gasteiger partial charge is 0.486 e. The maximum Gasteiger partial charge on any atom is 0.222 e. The Morgan fingerprint density at radius 2 is 1.74 bits per heavy atom. The van der Waals surface area contributed by atoms with Gasteiger partial charge in [0.25, 0.3) is 0 Å². The molecule has 0 radical (unpaired) electrons. The molecule has 116 valence electrons. The van der Waals surface area contributed by atoms with Gasteiger partial charge in [0.1, 0.15) is 11.9 Å². The van der Waals surface area contributed by atoms with Crippen LogP contribution in [0.1, 0.15) is 25.0 Å². The van der Waals surface area contributed by atoms with Crippen LogP contribution < -0.4 is 4.74 Å². The average Bonchev–Trinajstić information content (AvgIpc) is 2.61. The first-order chi connectivity index (χ1) is 11.3. The molecular weight excluding hydrogens is 308 g/mol. The molecule has 0 saturated heterocycles. The lowest BCUT2D eigenvalue weighted by molar-refractivity contribution is 0.201. The lowest BCUT2D eigenvalue weighted by Crippen LogP contribution is -2.06. The number of hydrogen-bond acceptors (Lipinski definition) is 3. The van der Waals surface area contributed by atoms with Gasteiger partial charge in [-0.15, -0.1) is 0 Å². The van der Waals surface area contributed by atoms with Gasteiger partial charge in [0.2, 0.25) is 5.28 Å². The Morgan fingerprint density at radius 3 is 2.39 bits per heavy atom. The van der Waals surface area contributed by atoms with Crippen molar-refractivity contribution in [1.29, 1.82) is 0 Å². The third-order valence-electron chi connectivity index (χ3n) is 3.60. The van der Waals surface area contributed by atoms with Gasteiger partial charge in [-0.2, -0.15) is 0 Å². The molecule has 0 aliphatic heterocycles. The second-order valence-electron chi connectivity index (χ2n) is 5.16. The number of nitrogens with zero attached hydrogens (tertiary/aromatic N) is 2. The van der Waals surface area contributed by atoms with Gasteiger partial charge in [0.05, 0.1) is 5.69 Å². The number of benzene rings is 2. The smallest absolute Gasteiger partial charge is 0.222 e. The number of ether oxygens (including phenoxy) is 1. The van der Waals surface area contributed by atoms with Gasteiger partial charge < -0.3 is 4.74 Å². The van der Waals surface area contributed by atoms with E-state index in [0.29, 0.717) is 0 Å². The topological polar surface area (TPSA) is 35.0 Å². The molecule has 0 spiro atoms. The first-order valence-corrected chi connectivity index (χ1v) is 7.94. The van der Waals surface area contributed by atoms with E-state index in [-0.39, 0.29) is 11.4 Å². The fourth-order valence-electron chi connectivity index (χ4n) is 2.42. The minimum Gasteiger partial charge on any atom is -0.486 e. The molecule has 0 fully saturated rings. The van der Waals surface area contributed by atoms with Crippen molar-refractivity contribution in [3.8, 4) is 17.0 Å². The van der Waals surface area contributed by atoms with Crippen LogP contribution in [0.3, 0.4) is 0 Å². The fraction of sp³-hybridized carbons (Fsp3) is 0.158. The van der Waals surface area contributed by atoms with Crippen molar-refractivity contribution in [2.24, 2.45) is 0 Å². The molecule has 1 unspecified atom stereocenters.